The minimum absolute atomic E-state index is 0.326. The zero-order valence-corrected chi connectivity index (χ0v) is 6.68. The van der Waals surface area contributed by atoms with Gasteiger partial charge < -0.3 is 0 Å². The van der Waals surface area contributed by atoms with Crippen molar-refractivity contribution in [2.45, 2.75) is 17.0 Å². The van der Waals surface area contributed by atoms with E-state index in [9.17, 15) is 8.78 Å². The molecule has 0 fully saturated rings. The molecule has 1 rings (SSSR count). The molecule has 1 aromatic rings. The van der Waals surface area contributed by atoms with Crippen LogP contribution < -0.4 is 0 Å². The van der Waals surface area contributed by atoms with Gasteiger partial charge in [-0.3, -0.25) is 0 Å². The van der Waals surface area contributed by atoms with Gasteiger partial charge in [-0.1, -0.05) is 11.3 Å². The first kappa shape index (κ1) is 7.87. The van der Waals surface area contributed by atoms with E-state index >= 15 is 0 Å². The maximum Gasteiger partial charge on any atom is 0.291 e. The van der Waals surface area contributed by atoms with Crippen LogP contribution in [0, 0.1) is 6.92 Å². The molecule has 0 amide bonds. The van der Waals surface area contributed by atoms with Gasteiger partial charge in [0.1, 0.15) is 5.01 Å². The molecular weight excluding hydrogens is 178 g/mol. The second-order valence-corrected chi connectivity index (χ2v) is 3.88. The van der Waals surface area contributed by atoms with Crippen molar-refractivity contribution in [3.05, 3.63) is 5.01 Å². The summed E-state index contributed by atoms with van der Waals surface area (Å²) in [6.07, 6.45) is 0. The van der Waals surface area contributed by atoms with Crippen LogP contribution in [0.15, 0.2) is 4.34 Å². The molecule has 0 aliphatic heterocycles. The normalized spacial score (nSPS) is 10.8. The molecule has 0 saturated heterocycles. The molecule has 0 N–H and O–H groups in total. The van der Waals surface area contributed by atoms with Crippen molar-refractivity contribution in [2.75, 3.05) is 0 Å². The van der Waals surface area contributed by atoms with Gasteiger partial charge in [0.05, 0.1) is 0 Å². The lowest BCUT2D eigenvalue weighted by Crippen LogP contribution is -1.79. The Morgan fingerprint density at radius 2 is 2.20 bits per heavy atom. The van der Waals surface area contributed by atoms with Crippen molar-refractivity contribution >= 4 is 23.1 Å². The van der Waals surface area contributed by atoms with E-state index in [1.165, 1.54) is 11.3 Å². The predicted octanol–water partition coefficient (Wildman–Crippen LogP) is 2.16. The molecule has 1 aromatic heterocycles. The highest BCUT2D eigenvalue weighted by Gasteiger charge is 2.08. The van der Waals surface area contributed by atoms with Gasteiger partial charge in [-0.15, -0.1) is 10.2 Å². The van der Waals surface area contributed by atoms with E-state index in [4.69, 9.17) is 0 Å². The summed E-state index contributed by atoms with van der Waals surface area (Å²) >= 11 is 1.61. The summed E-state index contributed by atoms with van der Waals surface area (Å²) in [5.41, 5.74) is 0. The Morgan fingerprint density at radius 3 is 2.60 bits per heavy atom. The summed E-state index contributed by atoms with van der Waals surface area (Å²) in [5.74, 6) is -2.40. The third-order valence-electron chi connectivity index (χ3n) is 0.697. The standard InChI is InChI=1S/C4H4F2N2S2/c1-2-7-8-4(9-2)10-3(5)6/h3H,1H3. The van der Waals surface area contributed by atoms with Crippen LogP contribution >= 0.6 is 23.1 Å². The Hall–Kier alpha value is -0.230. The highest BCUT2D eigenvalue weighted by atomic mass is 32.2. The monoisotopic (exact) mass is 182 g/mol. The topological polar surface area (TPSA) is 25.8 Å². The highest BCUT2D eigenvalue weighted by Crippen LogP contribution is 2.27. The lowest BCUT2D eigenvalue weighted by atomic mass is 10.9. The number of aromatic nitrogens is 2. The van der Waals surface area contributed by atoms with Gasteiger partial charge >= 0.3 is 0 Å². The molecular formula is C4H4F2N2S2. The number of thioether (sulfide) groups is 1. The summed E-state index contributed by atoms with van der Waals surface area (Å²) < 4.78 is 23.6. The summed E-state index contributed by atoms with van der Waals surface area (Å²) in [7, 11) is 0. The lowest BCUT2D eigenvalue weighted by molar-refractivity contribution is 0.252. The van der Waals surface area contributed by atoms with Crippen LogP contribution in [0.3, 0.4) is 0 Å². The predicted molar refractivity (Wildman–Crippen MR) is 36.5 cm³/mol. The van der Waals surface area contributed by atoms with Crippen LogP contribution in [0.4, 0.5) is 8.78 Å². The molecule has 6 heteroatoms. The fourth-order valence-corrected chi connectivity index (χ4v) is 1.83. The van der Waals surface area contributed by atoms with Gasteiger partial charge in [-0.25, -0.2) is 0 Å². The molecule has 0 unspecified atom stereocenters. The summed E-state index contributed by atoms with van der Waals surface area (Å²) in [6.45, 7) is 1.73. The third-order valence-corrected chi connectivity index (χ3v) is 2.33. The van der Waals surface area contributed by atoms with E-state index in [1.54, 1.807) is 6.92 Å². The van der Waals surface area contributed by atoms with Gasteiger partial charge in [0.2, 0.25) is 0 Å². The van der Waals surface area contributed by atoms with Crippen molar-refractivity contribution < 1.29 is 8.78 Å². The maximum absolute atomic E-state index is 11.6. The van der Waals surface area contributed by atoms with Crippen molar-refractivity contribution in [3.8, 4) is 0 Å². The van der Waals surface area contributed by atoms with E-state index in [0.717, 1.165) is 0 Å². The molecule has 56 valence electrons. The Morgan fingerprint density at radius 1 is 1.50 bits per heavy atom. The van der Waals surface area contributed by atoms with Crippen LogP contribution in [0.25, 0.3) is 0 Å². The van der Waals surface area contributed by atoms with Crippen LogP contribution in [-0.2, 0) is 0 Å². The average molecular weight is 182 g/mol. The number of rotatable bonds is 2. The Balaban J connectivity index is 2.58. The number of hydrogen-bond acceptors (Lipinski definition) is 4. The van der Waals surface area contributed by atoms with E-state index in [1.807, 2.05) is 0 Å². The highest BCUT2D eigenvalue weighted by molar-refractivity contribution is 8.01. The Kier molecular flexibility index (Phi) is 2.56. The number of aryl methyl sites for hydroxylation is 1. The molecule has 0 aromatic carbocycles. The van der Waals surface area contributed by atoms with E-state index < -0.39 is 5.76 Å². The van der Waals surface area contributed by atoms with Crippen molar-refractivity contribution in [1.29, 1.82) is 0 Å². The van der Waals surface area contributed by atoms with Gasteiger partial charge in [-0.2, -0.15) is 8.78 Å². The van der Waals surface area contributed by atoms with Crippen LogP contribution in [0.2, 0.25) is 0 Å². The summed E-state index contributed by atoms with van der Waals surface area (Å²) in [6, 6.07) is 0. The molecule has 10 heavy (non-hydrogen) atoms. The van der Waals surface area contributed by atoms with E-state index in [0.29, 0.717) is 21.1 Å². The molecule has 0 spiro atoms. The number of hydrogen-bond donors (Lipinski definition) is 0. The van der Waals surface area contributed by atoms with Crippen molar-refractivity contribution in [2.24, 2.45) is 0 Å². The molecule has 0 aliphatic rings. The van der Waals surface area contributed by atoms with Crippen molar-refractivity contribution in [3.63, 3.8) is 0 Å². The molecule has 0 bridgehead atoms. The SMILES string of the molecule is Cc1nnc(SC(F)F)s1. The molecule has 2 nitrogen and oxygen atoms in total. The van der Waals surface area contributed by atoms with Crippen LogP contribution in [-0.4, -0.2) is 16.0 Å². The fraction of sp³-hybridized carbons (Fsp3) is 0.500. The third kappa shape index (κ3) is 2.18. The largest absolute Gasteiger partial charge is 0.291 e. The number of nitrogens with zero attached hydrogens (tertiary/aromatic N) is 2. The maximum atomic E-state index is 11.6. The second kappa shape index (κ2) is 3.25. The van der Waals surface area contributed by atoms with Gasteiger partial charge in [-0.05, 0) is 18.7 Å². The van der Waals surface area contributed by atoms with E-state index in [-0.39, 0.29) is 0 Å². The lowest BCUT2D eigenvalue weighted by Gasteiger charge is -1.88. The second-order valence-electron chi connectivity index (χ2n) is 1.47. The van der Waals surface area contributed by atoms with Gasteiger partial charge in [0, 0.05) is 0 Å². The summed E-state index contributed by atoms with van der Waals surface area (Å²) in [5, 5.41) is 7.80. The molecule has 0 atom stereocenters. The first-order chi connectivity index (χ1) is 4.68. The Bertz CT molecular complexity index is 213. The number of halogens is 2. The number of alkyl halides is 2. The van der Waals surface area contributed by atoms with Crippen molar-refractivity contribution in [1.82, 2.24) is 10.2 Å². The smallest absolute Gasteiger partial charge is 0.197 e. The molecule has 1 heterocycles. The molecule has 0 saturated carbocycles. The fourth-order valence-electron chi connectivity index (χ4n) is 0.402. The zero-order valence-electron chi connectivity index (χ0n) is 5.04. The summed E-state index contributed by atoms with van der Waals surface area (Å²) in [4.78, 5) is 0. The average Bonchev–Trinajstić information content (AvgIpc) is 2.13. The van der Waals surface area contributed by atoms with Crippen LogP contribution in [0.1, 0.15) is 5.01 Å². The van der Waals surface area contributed by atoms with Gasteiger partial charge in [0.15, 0.2) is 4.34 Å². The van der Waals surface area contributed by atoms with E-state index in [2.05, 4.69) is 10.2 Å². The zero-order chi connectivity index (χ0) is 7.56. The van der Waals surface area contributed by atoms with Gasteiger partial charge in [0.25, 0.3) is 5.76 Å². The first-order valence-electron chi connectivity index (χ1n) is 2.43. The first-order valence-corrected chi connectivity index (χ1v) is 4.13. The van der Waals surface area contributed by atoms with Crippen LogP contribution in [0.5, 0.6) is 0 Å². The molecule has 0 aliphatic carbocycles. The molecule has 0 radical (unpaired) electrons. The Labute approximate surface area is 64.7 Å². The quantitative estimate of drug-likeness (QED) is 0.655. The minimum atomic E-state index is -2.40. The minimum Gasteiger partial charge on any atom is -0.197 e.